The number of piperidine rings is 1. The Kier molecular flexibility index (Phi) is 5.36. The van der Waals surface area contributed by atoms with E-state index in [1.165, 1.54) is 0 Å². The Hall–Kier alpha value is -2.24. The molecule has 0 spiro atoms. The summed E-state index contributed by atoms with van der Waals surface area (Å²) in [5.74, 6) is 0.921. The van der Waals surface area contributed by atoms with Crippen molar-refractivity contribution in [3.8, 4) is 11.4 Å². The first kappa shape index (κ1) is 19.5. The zero-order valence-electron chi connectivity index (χ0n) is 17.4. The molecule has 1 fully saturated rings. The van der Waals surface area contributed by atoms with Crippen LogP contribution in [0.4, 0.5) is 0 Å². The molecule has 2 aromatic rings. The Labute approximate surface area is 162 Å². The minimum Gasteiger partial charge on any atom is -0.332 e. The Morgan fingerprint density at radius 3 is 2.63 bits per heavy atom. The molecule has 1 saturated heterocycles. The molecule has 0 aliphatic carbocycles. The van der Waals surface area contributed by atoms with E-state index in [0.717, 1.165) is 48.7 Å². The van der Waals surface area contributed by atoms with Gasteiger partial charge in [-0.1, -0.05) is 20.8 Å². The molecule has 3 heterocycles. The fourth-order valence-electron chi connectivity index (χ4n) is 3.67. The van der Waals surface area contributed by atoms with E-state index in [1.807, 2.05) is 55.6 Å². The zero-order chi connectivity index (χ0) is 19.8. The molecule has 27 heavy (non-hydrogen) atoms. The van der Waals surface area contributed by atoms with Crippen molar-refractivity contribution >= 4 is 5.91 Å². The first-order chi connectivity index (χ1) is 12.7. The highest BCUT2D eigenvalue weighted by Gasteiger charge is 2.35. The van der Waals surface area contributed by atoms with E-state index in [-0.39, 0.29) is 18.0 Å². The molecule has 1 unspecified atom stereocenters. The van der Waals surface area contributed by atoms with E-state index in [4.69, 9.17) is 9.97 Å². The van der Waals surface area contributed by atoms with Gasteiger partial charge in [-0.2, -0.15) is 5.10 Å². The summed E-state index contributed by atoms with van der Waals surface area (Å²) in [5, 5.41) is 4.43. The average molecular weight is 370 g/mol. The molecule has 146 valence electrons. The molecule has 1 aliphatic heterocycles. The maximum atomic E-state index is 13.0. The lowest BCUT2D eigenvalue weighted by Gasteiger charge is -2.38. The van der Waals surface area contributed by atoms with Crippen molar-refractivity contribution in [1.29, 1.82) is 0 Å². The van der Waals surface area contributed by atoms with Crippen molar-refractivity contribution in [2.75, 3.05) is 6.54 Å². The fraction of sp³-hybridized carbons (Fsp3) is 0.619. The number of aryl methyl sites for hydroxylation is 1. The van der Waals surface area contributed by atoms with Crippen LogP contribution in [0.3, 0.4) is 0 Å². The number of nitrogens with zero attached hydrogens (tertiary/aromatic N) is 5. The lowest BCUT2D eigenvalue weighted by Crippen LogP contribution is -2.44. The summed E-state index contributed by atoms with van der Waals surface area (Å²) in [6, 6.07) is 4.18. The largest absolute Gasteiger partial charge is 0.332 e. The summed E-state index contributed by atoms with van der Waals surface area (Å²) in [7, 11) is 0. The van der Waals surface area contributed by atoms with Crippen molar-refractivity contribution < 1.29 is 4.79 Å². The van der Waals surface area contributed by atoms with Crippen molar-refractivity contribution in [1.82, 2.24) is 24.6 Å². The summed E-state index contributed by atoms with van der Waals surface area (Å²) in [6.45, 7) is 12.9. The molecule has 2 aromatic heterocycles. The number of carbonyl (C=O) groups is 1. The number of rotatable bonds is 3. The smallest absolute Gasteiger partial charge is 0.228 e. The zero-order valence-corrected chi connectivity index (χ0v) is 17.4. The molecule has 0 radical (unpaired) electrons. The third kappa shape index (κ3) is 4.04. The Morgan fingerprint density at radius 1 is 1.22 bits per heavy atom. The van der Waals surface area contributed by atoms with Crippen LogP contribution in [-0.2, 0) is 4.79 Å². The van der Waals surface area contributed by atoms with E-state index in [9.17, 15) is 4.79 Å². The van der Waals surface area contributed by atoms with Crippen LogP contribution in [-0.4, -0.2) is 37.1 Å². The third-order valence-electron chi connectivity index (χ3n) is 5.00. The number of carbonyl (C=O) groups excluding carboxylic acids is 1. The first-order valence-corrected chi connectivity index (χ1v) is 9.89. The van der Waals surface area contributed by atoms with Crippen LogP contribution in [0.15, 0.2) is 18.3 Å². The van der Waals surface area contributed by atoms with Crippen molar-refractivity contribution in [3.63, 3.8) is 0 Å². The summed E-state index contributed by atoms with van der Waals surface area (Å²) >= 11 is 0. The van der Waals surface area contributed by atoms with E-state index < -0.39 is 5.41 Å². The van der Waals surface area contributed by atoms with E-state index >= 15 is 0 Å². The highest BCUT2D eigenvalue weighted by Crippen LogP contribution is 2.34. The normalized spacial score (nSPS) is 18.2. The summed E-state index contributed by atoms with van der Waals surface area (Å²) in [4.78, 5) is 24.6. The van der Waals surface area contributed by atoms with Gasteiger partial charge in [-0.15, -0.1) is 0 Å². The number of hydrogen-bond acceptors (Lipinski definition) is 4. The van der Waals surface area contributed by atoms with Crippen molar-refractivity contribution in [3.05, 3.63) is 29.8 Å². The van der Waals surface area contributed by atoms with Crippen LogP contribution >= 0.6 is 0 Å². The lowest BCUT2D eigenvalue weighted by molar-refractivity contribution is -0.143. The maximum Gasteiger partial charge on any atom is 0.228 e. The predicted molar refractivity (Wildman–Crippen MR) is 106 cm³/mol. The molecule has 1 atom stereocenters. The van der Waals surface area contributed by atoms with Crippen LogP contribution < -0.4 is 0 Å². The van der Waals surface area contributed by atoms with Gasteiger partial charge in [-0.05, 0) is 52.2 Å². The van der Waals surface area contributed by atoms with Gasteiger partial charge in [0, 0.05) is 29.9 Å². The Balaban J connectivity index is 2.02. The molecular formula is C21H31N5O. The van der Waals surface area contributed by atoms with Gasteiger partial charge in [0.25, 0.3) is 0 Å². The van der Waals surface area contributed by atoms with Crippen molar-refractivity contribution in [2.45, 2.75) is 72.9 Å². The quantitative estimate of drug-likeness (QED) is 0.808. The van der Waals surface area contributed by atoms with Gasteiger partial charge in [0.2, 0.25) is 5.91 Å². The van der Waals surface area contributed by atoms with E-state index in [2.05, 4.69) is 18.9 Å². The van der Waals surface area contributed by atoms with Gasteiger partial charge in [0.1, 0.15) is 0 Å². The van der Waals surface area contributed by atoms with Gasteiger partial charge in [-0.25, -0.2) is 9.97 Å². The van der Waals surface area contributed by atoms with Crippen LogP contribution in [0.5, 0.6) is 0 Å². The first-order valence-electron chi connectivity index (χ1n) is 9.89. The number of hydrogen-bond donors (Lipinski definition) is 0. The minimum atomic E-state index is -0.404. The number of likely N-dealkylation sites (tertiary alicyclic amines) is 1. The fourth-order valence-corrected chi connectivity index (χ4v) is 3.67. The Bertz CT molecular complexity index is 818. The van der Waals surface area contributed by atoms with Crippen LogP contribution in [0.25, 0.3) is 11.4 Å². The third-order valence-corrected chi connectivity index (χ3v) is 5.00. The molecule has 0 aromatic carbocycles. The summed E-state index contributed by atoms with van der Waals surface area (Å²) in [6.07, 6.45) is 4.85. The standard InChI is InChI=1S/C21H31N5O/c1-14(2)26-17(10-11-22-26)16-13-15(3)23-19(24-16)18-9-7-8-12-25(18)20(27)21(4,5)6/h10-11,13-14,18H,7-9,12H2,1-6H3. The van der Waals surface area contributed by atoms with Gasteiger partial charge in [-0.3, -0.25) is 9.48 Å². The molecular weight excluding hydrogens is 338 g/mol. The van der Waals surface area contributed by atoms with Crippen LogP contribution in [0, 0.1) is 12.3 Å². The van der Waals surface area contributed by atoms with E-state index in [0.29, 0.717) is 0 Å². The summed E-state index contributed by atoms with van der Waals surface area (Å²) < 4.78 is 1.98. The molecule has 0 saturated carbocycles. The van der Waals surface area contributed by atoms with Crippen LogP contribution in [0.2, 0.25) is 0 Å². The second-order valence-corrected chi connectivity index (χ2v) is 8.77. The Morgan fingerprint density at radius 2 is 1.96 bits per heavy atom. The minimum absolute atomic E-state index is 0.0560. The van der Waals surface area contributed by atoms with Gasteiger partial charge < -0.3 is 4.90 Å². The molecule has 6 nitrogen and oxygen atoms in total. The SMILES string of the molecule is Cc1cc(-c2ccnn2C(C)C)nc(C2CCCCN2C(=O)C(C)(C)C)n1. The second kappa shape index (κ2) is 7.41. The molecule has 3 rings (SSSR count). The van der Waals surface area contributed by atoms with Gasteiger partial charge in [0.15, 0.2) is 5.82 Å². The predicted octanol–water partition coefficient (Wildman–Crippen LogP) is 4.33. The summed E-state index contributed by atoms with van der Waals surface area (Å²) in [5.41, 5.74) is 2.37. The number of aromatic nitrogens is 4. The molecule has 1 amide bonds. The van der Waals surface area contributed by atoms with Crippen molar-refractivity contribution in [2.24, 2.45) is 5.41 Å². The highest BCUT2D eigenvalue weighted by atomic mass is 16.2. The maximum absolute atomic E-state index is 13.0. The van der Waals surface area contributed by atoms with Gasteiger partial charge in [0.05, 0.1) is 17.4 Å². The molecule has 1 aliphatic rings. The molecule has 0 bridgehead atoms. The molecule has 0 N–H and O–H groups in total. The average Bonchev–Trinajstić information content (AvgIpc) is 3.10. The topological polar surface area (TPSA) is 63.9 Å². The molecule has 6 heteroatoms. The highest BCUT2D eigenvalue weighted by molar-refractivity contribution is 5.82. The second-order valence-electron chi connectivity index (χ2n) is 8.77. The van der Waals surface area contributed by atoms with E-state index in [1.54, 1.807) is 0 Å². The number of amides is 1. The lowest BCUT2D eigenvalue weighted by atomic mass is 9.91. The monoisotopic (exact) mass is 369 g/mol. The van der Waals surface area contributed by atoms with Crippen LogP contribution in [0.1, 0.15) is 77.5 Å². The van der Waals surface area contributed by atoms with Gasteiger partial charge >= 0.3 is 0 Å².